The van der Waals surface area contributed by atoms with Crippen molar-refractivity contribution in [3.8, 4) is 0 Å². The highest BCUT2D eigenvalue weighted by Crippen LogP contribution is 2.36. The summed E-state index contributed by atoms with van der Waals surface area (Å²) in [5.74, 6) is 0. The summed E-state index contributed by atoms with van der Waals surface area (Å²) in [6, 6.07) is 11.2. The van der Waals surface area contributed by atoms with Crippen LogP contribution in [0.4, 0.5) is 0 Å². The summed E-state index contributed by atoms with van der Waals surface area (Å²) < 4.78 is 2.09. The quantitative estimate of drug-likeness (QED) is 0.830. The maximum atomic E-state index is 6.20. The van der Waals surface area contributed by atoms with Gasteiger partial charge in [0.05, 0.1) is 5.69 Å². The smallest absolute Gasteiger partial charge is 0.0596 e. The summed E-state index contributed by atoms with van der Waals surface area (Å²) in [5.41, 5.74) is 11.2. The van der Waals surface area contributed by atoms with Gasteiger partial charge in [0, 0.05) is 24.3 Å². The zero-order valence-corrected chi connectivity index (χ0v) is 12.8. The Morgan fingerprint density at radius 1 is 1.29 bits per heavy atom. The Hall–Kier alpha value is -1.65. The third-order valence-corrected chi connectivity index (χ3v) is 4.30. The van der Waals surface area contributed by atoms with Crippen molar-refractivity contribution in [3.05, 3.63) is 52.8 Å². The molecule has 0 saturated carbocycles. The van der Waals surface area contributed by atoms with Crippen LogP contribution in [0, 0.1) is 13.8 Å². The van der Waals surface area contributed by atoms with Gasteiger partial charge in [-0.2, -0.15) is 5.10 Å². The van der Waals surface area contributed by atoms with Gasteiger partial charge in [0.1, 0.15) is 0 Å². The number of aryl methyl sites for hydroxylation is 3. The van der Waals surface area contributed by atoms with Crippen LogP contribution in [0.25, 0.3) is 0 Å². The summed E-state index contributed by atoms with van der Waals surface area (Å²) in [6.45, 7) is 6.11. The molecule has 0 radical (unpaired) electrons. The van der Waals surface area contributed by atoms with E-state index in [-0.39, 0.29) is 6.04 Å². The molecule has 3 rings (SSSR count). The SMILES string of the molecule is Cc1cc(C)n(CCCNC2CC(N)c3ccccc32)n1. The van der Waals surface area contributed by atoms with Gasteiger partial charge in [-0.1, -0.05) is 24.3 Å². The highest BCUT2D eigenvalue weighted by molar-refractivity contribution is 5.37. The summed E-state index contributed by atoms with van der Waals surface area (Å²) in [6.07, 6.45) is 2.08. The summed E-state index contributed by atoms with van der Waals surface area (Å²) in [7, 11) is 0. The van der Waals surface area contributed by atoms with Crippen LogP contribution in [-0.2, 0) is 6.54 Å². The summed E-state index contributed by atoms with van der Waals surface area (Å²) in [4.78, 5) is 0. The van der Waals surface area contributed by atoms with Crippen LogP contribution in [0.15, 0.2) is 30.3 Å². The molecule has 1 aromatic heterocycles. The molecule has 2 aromatic rings. The van der Waals surface area contributed by atoms with Crippen LogP contribution in [0.2, 0.25) is 0 Å². The first-order valence-electron chi connectivity index (χ1n) is 7.74. The minimum atomic E-state index is 0.176. The maximum Gasteiger partial charge on any atom is 0.0596 e. The fourth-order valence-corrected chi connectivity index (χ4v) is 3.27. The lowest BCUT2D eigenvalue weighted by Gasteiger charge is -2.14. The first kappa shape index (κ1) is 14.3. The lowest BCUT2D eigenvalue weighted by atomic mass is 10.1. The molecule has 1 aliphatic rings. The number of benzene rings is 1. The summed E-state index contributed by atoms with van der Waals surface area (Å²) in [5, 5.41) is 8.14. The average Bonchev–Trinajstić information content (AvgIpc) is 2.96. The average molecular weight is 284 g/mol. The highest BCUT2D eigenvalue weighted by atomic mass is 15.3. The van der Waals surface area contributed by atoms with Crippen LogP contribution in [0.5, 0.6) is 0 Å². The Bertz CT molecular complexity index is 617. The fourth-order valence-electron chi connectivity index (χ4n) is 3.27. The maximum absolute atomic E-state index is 6.20. The standard InChI is InChI=1S/C17H24N4/c1-12-10-13(2)21(20-12)9-5-8-19-17-11-16(18)14-6-3-4-7-15(14)17/h3-4,6-7,10,16-17,19H,5,8-9,11,18H2,1-2H3. The molecule has 0 bridgehead atoms. The predicted octanol–water partition coefficient (Wildman–Crippen LogP) is 2.62. The van der Waals surface area contributed by atoms with Gasteiger partial charge in [0.15, 0.2) is 0 Å². The molecule has 3 N–H and O–H groups in total. The first-order valence-corrected chi connectivity index (χ1v) is 7.74. The van der Waals surface area contributed by atoms with Gasteiger partial charge in [-0.05, 0) is 50.4 Å². The van der Waals surface area contributed by atoms with Gasteiger partial charge < -0.3 is 11.1 Å². The first-order chi connectivity index (χ1) is 10.1. The topological polar surface area (TPSA) is 55.9 Å². The van der Waals surface area contributed by atoms with Crippen molar-refractivity contribution in [3.63, 3.8) is 0 Å². The molecule has 1 heterocycles. The normalized spacial score (nSPS) is 20.7. The zero-order valence-electron chi connectivity index (χ0n) is 12.8. The van der Waals surface area contributed by atoms with Crippen molar-refractivity contribution < 1.29 is 0 Å². The zero-order chi connectivity index (χ0) is 14.8. The molecule has 4 heteroatoms. The molecule has 21 heavy (non-hydrogen) atoms. The van der Waals surface area contributed by atoms with Crippen molar-refractivity contribution in [2.24, 2.45) is 5.73 Å². The van der Waals surface area contributed by atoms with E-state index >= 15 is 0 Å². The molecule has 1 aromatic carbocycles. The number of aromatic nitrogens is 2. The molecule has 1 aliphatic carbocycles. The third-order valence-electron chi connectivity index (χ3n) is 4.30. The van der Waals surface area contributed by atoms with E-state index in [4.69, 9.17) is 5.73 Å². The molecule has 0 amide bonds. The Kier molecular flexibility index (Phi) is 4.08. The van der Waals surface area contributed by atoms with E-state index in [1.165, 1.54) is 16.8 Å². The number of hydrogen-bond donors (Lipinski definition) is 2. The molecule has 0 saturated heterocycles. The van der Waals surface area contributed by atoms with E-state index in [9.17, 15) is 0 Å². The molecular weight excluding hydrogens is 260 g/mol. The second kappa shape index (κ2) is 6.00. The number of nitrogens with one attached hydrogen (secondary N) is 1. The number of rotatable bonds is 5. The lowest BCUT2D eigenvalue weighted by Crippen LogP contribution is -2.22. The Balaban J connectivity index is 1.52. The van der Waals surface area contributed by atoms with Crippen molar-refractivity contribution in [2.45, 2.75) is 45.3 Å². The van der Waals surface area contributed by atoms with E-state index in [2.05, 4.69) is 52.4 Å². The van der Waals surface area contributed by atoms with E-state index in [1.54, 1.807) is 0 Å². The van der Waals surface area contributed by atoms with Gasteiger partial charge >= 0.3 is 0 Å². The minimum absolute atomic E-state index is 0.176. The van der Waals surface area contributed by atoms with Crippen molar-refractivity contribution in [2.75, 3.05) is 6.54 Å². The Morgan fingerprint density at radius 3 is 2.76 bits per heavy atom. The second-order valence-corrected chi connectivity index (χ2v) is 5.98. The second-order valence-electron chi connectivity index (χ2n) is 5.98. The molecular formula is C17H24N4. The van der Waals surface area contributed by atoms with E-state index in [1.807, 2.05) is 6.92 Å². The fraction of sp³-hybridized carbons (Fsp3) is 0.471. The molecule has 4 nitrogen and oxygen atoms in total. The van der Waals surface area contributed by atoms with E-state index < -0.39 is 0 Å². The van der Waals surface area contributed by atoms with Crippen LogP contribution in [0.1, 0.15) is 47.4 Å². The van der Waals surface area contributed by atoms with Crippen LogP contribution in [-0.4, -0.2) is 16.3 Å². The van der Waals surface area contributed by atoms with Crippen molar-refractivity contribution >= 4 is 0 Å². The Morgan fingerprint density at radius 2 is 2.05 bits per heavy atom. The largest absolute Gasteiger partial charge is 0.324 e. The van der Waals surface area contributed by atoms with Crippen LogP contribution in [0.3, 0.4) is 0 Å². The van der Waals surface area contributed by atoms with E-state index in [0.29, 0.717) is 6.04 Å². The lowest BCUT2D eigenvalue weighted by molar-refractivity contribution is 0.466. The van der Waals surface area contributed by atoms with Gasteiger partial charge in [-0.15, -0.1) is 0 Å². The van der Waals surface area contributed by atoms with E-state index in [0.717, 1.165) is 31.6 Å². The third kappa shape index (κ3) is 3.01. The van der Waals surface area contributed by atoms with Crippen molar-refractivity contribution in [1.82, 2.24) is 15.1 Å². The van der Waals surface area contributed by atoms with Gasteiger partial charge in [0.25, 0.3) is 0 Å². The predicted molar refractivity (Wildman–Crippen MR) is 85.0 cm³/mol. The summed E-state index contributed by atoms with van der Waals surface area (Å²) >= 11 is 0. The minimum Gasteiger partial charge on any atom is -0.324 e. The molecule has 2 unspecified atom stereocenters. The monoisotopic (exact) mass is 284 g/mol. The number of nitrogens with two attached hydrogens (primary N) is 1. The van der Waals surface area contributed by atoms with Crippen LogP contribution < -0.4 is 11.1 Å². The number of nitrogens with zero attached hydrogens (tertiary/aromatic N) is 2. The van der Waals surface area contributed by atoms with Gasteiger partial charge in [0.2, 0.25) is 0 Å². The molecule has 0 spiro atoms. The Labute approximate surface area is 126 Å². The number of hydrogen-bond acceptors (Lipinski definition) is 3. The number of fused-ring (bicyclic) bond motifs is 1. The van der Waals surface area contributed by atoms with Gasteiger partial charge in [-0.25, -0.2) is 0 Å². The molecule has 2 atom stereocenters. The molecule has 0 aliphatic heterocycles. The van der Waals surface area contributed by atoms with Gasteiger partial charge in [-0.3, -0.25) is 4.68 Å². The molecule has 0 fully saturated rings. The molecule has 112 valence electrons. The highest BCUT2D eigenvalue weighted by Gasteiger charge is 2.27. The van der Waals surface area contributed by atoms with Crippen molar-refractivity contribution in [1.29, 1.82) is 0 Å². The van der Waals surface area contributed by atoms with Crippen LogP contribution >= 0.6 is 0 Å².